The molecule has 0 aliphatic carbocycles. The predicted molar refractivity (Wildman–Crippen MR) is 67.1 cm³/mol. The average Bonchev–Trinajstić information content (AvgIpc) is 2.79. The maximum atomic E-state index is 11.9. The van der Waals surface area contributed by atoms with Gasteiger partial charge in [0, 0.05) is 18.0 Å². The number of morpholine rings is 1. The van der Waals surface area contributed by atoms with Gasteiger partial charge in [-0.25, -0.2) is 0 Å². The zero-order valence-corrected chi connectivity index (χ0v) is 11.0. The highest BCUT2D eigenvalue weighted by molar-refractivity contribution is 7.13. The van der Waals surface area contributed by atoms with Gasteiger partial charge in [-0.3, -0.25) is 4.79 Å². The molecule has 2 heterocycles. The summed E-state index contributed by atoms with van der Waals surface area (Å²) in [7, 11) is 0. The van der Waals surface area contributed by atoms with Crippen LogP contribution < -0.4 is 0 Å². The third-order valence-electron chi connectivity index (χ3n) is 2.25. The highest BCUT2D eigenvalue weighted by Gasteiger charge is 2.19. The van der Waals surface area contributed by atoms with Crippen LogP contribution in [0.1, 0.15) is 28.4 Å². The van der Waals surface area contributed by atoms with Gasteiger partial charge in [-0.05, 0) is 19.1 Å². The smallest absolute Gasteiger partial charge is 0.264 e. The van der Waals surface area contributed by atoms with Crippen molar-refractivity contribution in [3.8, 4) is 0 Å². The van der Waals surface area contributed by atoms with Crippen LogP contribution in [0.15, 0.2) is 12.1 Å². The van der Waals surface area contributed by atoms with Crippen LogP contribution in [0.5, 0.6) is 0 Å². The molecule has 1 fully saturated rings. The summed E-state index contributed by atoms with van der Waals surface area (Å²) < 4.78 is 5.20. The molecule has 2 rings (SSSR count). The lowest BCUT2D eigenvalue weighted by atomic mass is 10.3. The fourth-order valence-corrected chi connectivity index (χ4v) is 2.31. The lowest BCUT2D eigenvalue weighted by molar-refractivity contribution is 0.0306. The van der Waals surface area contributed by atoms with Gasteiger partial charge in [-0.2, -0.15) is 0 Å². The van der Waals surface area contributed by atoms with Crippen molar-refractivity contribution in [3.63, 3.8) is 0 Å². The van der Waals surface area contributed by atoms with Crippen molar-refractivity contribution in [2.24, 2.45) is 0 Å². The van der Waals surface area contributed by atoms with Crippen LogP contribution in [-0.4, -0.2) is 37.1 Å². The Bertz CT molecular complexity index is 330. The fourth-order valence-electron chi connectivity index (χ4n) is 1.47. The van der Waals surface area contributed by atoms with E-state index in [1.807, 2.05) is 37.8 Å². The topological polar surface area (TPSA) is 29.5 Å². The first-order valence-electron chi connectivity index (χ1n) is 5.71. The Morgan fingerprint density at radius 2 is 1.94 bits per heavy atom. The molecule has 0 unspecified atom stereocenters. The van der Waals surface area contributed by atoms with Crippen LogP contribution in [0.2, 0.25) is 0 Å². The second-order valence-corrected chi connectivity index (χ2v) is 4.60. The standard InChI is InChI=1S/C10H13NO2S.C2H6/c1-8-2-3-9(14-8)10(12)11-4-6-13-7-5-11;1-2/h2-3H,4-7H2,1H3;1-2H3. The minimum Gasteiger partial charge on any atom is -0.378 e. The van der Waals surface area contributed by atoms with Gasteiger partial charge >= 0.3 is 0 Å². The molecule has 16 heavy (non-hydrogen) atoms. The Morgan fingerprint density at radius 1 is 1.31 bits per heavy atom. The summed E-state index contributed by atoms with van der Waals surface area (Å²) in [6.45, 7) is 8.78. The van der Waals surface area contributed by atoms with Gasteiger partial charge in [0.2, 0.25) is 0 Å². The maximum Gasteiger partial charge on any atom is 0.264 e. The van der Waals surface area contributed by atoms with Crippen molar-refractivity contribution < 1.29 is 9.53 Å². The van der Waals surface area contributed by atoms with Gasteiger partial charge in [0.05, 0.1) is 18.1 Å². The van der Waals surface area contributed by atoms with Crippen molar-refractivity contribution in [3.05, 3.63) is 21.9 Å². The van der Waals surface area contributed by atoms with E-state index >= 15 is 0 Å². The molecule has 0 aromatic carbocycles. The highest BCUT2D eigenvalue weighted by Crippen LogP contribution is 2.17. The highest BCUT2D eigenvalue weighted by atomic mass is 32.1. The molecule has 0 saturated carbocycles. The van der Waals surface area contributed by atoms with Crippen LogP contribution in [0.4, 0.5) is 0 Å². The van der Waals surface area contributed by atoms with E-state index < -0.39 is 0 Å². The third-order valence-corrected chi connectivity index (χ3v) is 3.24. The molecule has 1 aromatic rings. The normalized spacial score (nSPS) is 15.3. The van der Waals surface area contributed by atoms with Crippen LogP contribution >= 0.6 is 11.3 Å². The second-order valence-electron chi connectivity index (χ2n) is 3.31. The van der Waals surface area contributed by atoms with Crippen molar-refractivity contribution in [1.29, 1.82) is 0 Å². The van der Waals surface area contributed by atoms with Crippen LogP contribution in [-0.2, 0) is 4.74 Å². The molecule has 3 nitrogen and oxygen atoms in total. The number of amides is 1. The molecule has 1 amide bonds. The summed E-state index contributed by atoms with van der Waals surface area (Å²) in [6, 6.07) is 3.89. The minimum absolute atomic E-state index is 0.145. The number of nitrogens with zero attached hydrogens (tertiary/aromatic N) is 1. The van der Waals surface area contributed by atoms with E-state index in [9.17, 15) is 4.79 Å². The van der Waals surface area contributed by atoms with E-state index in [0.29, 0.717) is 13.2 Å². The number of rotatable bonds is 1. The molecule has 0 spiro atoms. The largest absolute Gasteiger partial charge is 0.378 e. The van der Waals surface area contributed by atoms with E-state index in [-0.39, 0.29) is 5.91 Å². The zero-order chi connectivity index (χ0) is 12.0. The molecule has 0 N–H and O–H groups in total. The first kappa shape index (κ1) is 13.2. The molecule has 1 aliphatic rings. The molecular formula is C12H19NO2S. The van der Waals surface area contributed by atoms with E-state index in [4.69, 9.17) is 4.74 Å². The van der Waals surface area contributed by atoms with Crippen molar-refractivity contribution >= 4 is 17.2 Å². The number of carbonyl (C=O) groups excluding carboxylic acids is 1. The molecule has 0 radical (unpaired) electrons. The molecule has 1 aromatic heterocycles. The van der Waals surface area contributed by atoms with Crippen LogP contribution in [0.3, 0.4) is 0 Å². The number of hydrogen-bond acceptors (Lipinski definition) is 3. The number of carbonyl (C=O) groups is 1. The van der Waals surface area contributed by atoms with Gasteiger partial charge in [-0.1, -0.05) is 13.8 Å². The Morgan fingerprint density at radius 3 is 2.44 bits per heavy atom. The Kier molecular flexibility index (Phi) is 5.49. The number of ether oxygens (including phenoxy) is 1. The van der Waals surface area contributed by atoms with E-state index in [2.05, 4.69) is 0 Å². The monoisotopic (exact) mass is 241 g/mol. The Labute approximate surface area is 101 Å². The SMILES string of the molecule is CC.Cc1ccc(C(=O)N2CCOCC2)s1. The second kappa shape index (κ2) is 6.66. The first-order chi connectivity index (χ1) is 7.77. The summed E-state index contributed by atoms with van der Waals surface area (Å²) in [5.41, 5.74) is 0. The van der Waals surface area contributed by atoms with Crippen molar-refractivity contribution in [2.45, 2.75) is 20.8 Å². The van der Waals surface area contributed by atoms with Gasteiger partial charge in [0.25, 0.3) is 5.91 Å². The summed E-state index contributed by atoms with van der Waals surface area (Å²) in [5, 5.41) is 0. The lowest BCUT2D eigenvalue weighted by Gasteiger charge is -2.26. The Hall–Kier alpha value is -0.870. The molecule has 90 valence electrons. The van der Waals surface area contributed by atoms with Gasteiger partial charge in [0.1, 0.15) is 0 Å². The number of thiophene rings is 1. The molecular weight excluding hydrogens is 222 g/mol. The molecule has 1 saturated heterocycles. The molecule has 1 aliphatic heterocycles. The van der Waals surface area contributed by atoms with Crippen molar-refractivity contribution in [2.75, 3.05) is 26.3 Å². The average molecular weight is 241 g/mol. The number of hydrogen-bond donors (Lipinski definition) is 0. The summed E-state index contributed by atoms with van der Waals surface area (Å²) >= 11 is 1.56. The van der Waals surface area contributed by atoms with Crippen LogP contribution in [0, 0.1) is 6.92 Å². The summed E-state index contributed by atoms with van der Waals surface area (Å²) in [6.07, 6.45) is 0. The van der Waals surface area contributed by atoms with Gasteiger partial charge < -0.3 is 9.64 Å². The fraction of sp³-hybridized carbons (Fsp3) is 0.583. The van der Waals surface area contributed by atoms with E-state index in [1.54, 1.807) is 11.3 Å². The Balaban J connectivity index is 0.000000606. The van der Waals surface area contributed by atoms with Crippen LogP contribution in [0.25, 0.3) is 0 Å². The zero-order valence-electron chi connectivity index (χ0n) is 10.2. The van der Waals surface area contributed by atoms with Gasteiger partial charge in [0.15, 0.2) is 0 Å². The summed E-state index contributed by atoms with van der Waals surface area (Å²) in [5.74, 6) is 0.145. The van der Waals surface area contributed by atoms with Crippen molar-refractivity contribution in [1.82, 2.24) is 4.90 Å². The lowest BCUT2D eigenvalue weighted by Crippen LogP contribution is -2.40. The quantitative estimate of drug-likeness (QED) is 0.756. The molecule has 4 heteroatoms. The van der Waals surface area contributed by atoms with E-state index in [1.165, 1.54) is 4.88 Å². The van der Waals surface area contributed by atoms with Gasteiger partial charge in [-0.15, -0.1) is 11.3 Å². The van der Waals surface area contributed by atoms with E-state index in [0.717, 1.165) is 18.0 Å². The molecule has 0 bridgehead atoms. The minimum atomic E-state index is 0.145. The predicted octanol–water partition coefficient (Wildman–Crippen LogP) is 2.56. The summed E-state index contributed by atoms with van der Waals surface area (Å²) in [4.78, 5) is 15.8. The first-order valence-corrected chi connectivity index (χ1v) is 6.52. The maximum absolute atomic E-state index is 11.9. The third kappa shape index (κ3) is 3.32. The number of aryl methyl sites for hydroxylation is 1. The molecule has 0 atom stereocenters.